The van der Waals surface area contributed by atoms with Crippen molar-refractivity contribution in [3.05, 3.63) is 65.7 Å². The topological polar surface area (TPSA) is 166 Å². The van der Waals surface area contributed by atoms with Crippen LogP contribution in [0.3, 0.4) is 0 Å². The molecule has 2 aromatic rings. The first kappa shape index (κ1) is 31.1. The SMILES string of the molecule is CC1OCN(S(=O)(=O)c2ccccc2)[C@@H]1C(=O)N[C@@H](Cc1ccc(CC(=O)CCCNC2=NCCCN2)cc1)C(=O)O. The van der Waals surface area contributed by atoms with Crippen molar-refractivity contribution in [3.63, 3.8) is 0 Å². The Morgan fingerprint density at radius 3 is 2.50 bits per heavy atom. The van der Waals surface area contributed by atoms with Crippen molar-refractivity contribution in [1.82, 2.24) is 20.3 Å². The molecule has 42 heavy (non-hydrogen) atoms. The molecular weight excluding hydrogens is 562 g/mol. The average molecular weight is 600 g/mol. The van der Waals surface area contributed by atoms with Crippen LogP contribution in [0.15, 0.2) is 64.5 Å². The third-order valence-electron chi connectivity index (χ3n) is 7.14. The van der Waals surface area contributed by atoms with Crippen molar-refractivity contribution < 1.29 is 32.6 Å². The molecular formula is C29H37N5O7S. The lowest BCUT2D eigenvalue weighted by Crippen LogP contribution is -2.54. The molecule has 12 nitrogen and oxygen atoms in total. The Hall–Kier alpha value is -3.81. The number of hydrogen-bond acceptors (Lipinski definition) is 9. The molecule has 1 fully saturated rings. The van der Waals surface area contributed by atoms with E-state index in [1.54, 1.807) is 49.4 Å². The van der Waals surface area contributed by atoms with Crippen LogP contribution in [0.25, 0.3) is 0 Å². The number of hydrogen-bond donors (Lipinski definition) is 4. The zero-order valence-corrected chi connectivity index (χ0v) is 24.3. The summed E-state index contributed by atoms with van der Waals surface area (Å²) in [5.41, 5.74) is 1.46. The first-order valence-electron chi connectivity index (χ1n) is 14.0. The Kier molecular flexibility index (Phi) is 10.7. The van der Waals surface area contributed by atoms with Gasteiger partial charge in [-0.3, -0.25) is 14.6 Å². The Bertz CT molecular complexity index is 1380. The lowest BCUT2D eigenvalue weighted by Gasteiger charge is -2.25. The number of carboxylic acids is 1. The summed E-state index contributed by atoms with van der Waals surface area (Å²) < 4.78 is 32.8. The number of carbonyl (C=O) groups excluding carboxylic acids is 2. The summed E-state index contributed by atoms with van der Waals surface area (Å²) in [6.45, 7) is 3.60. The third kappa shape index (κ3) is 8.14. The number of carbonyl (C=O) groups is 3. The van der Waals surface area contributed by atoms with E-state index in [0.717, 1.165) is 35.3 Å². The molecule has 0 aliphatic carbocycles. The number of carboxylic acid groups (broad SMARTS) is 1. The molecule has 0 spiro atoms. The number of nitrogens with one attached hydrogen (secondary N) is 3. The first-order valence-corrected chi connectivity index (χ1v) is 15.4. The zero-order valence-electron chi connectivity index (χ0n) is 23.5. The van der Waals surface area contributed by atoms with Gasteiger partial charge in [0.25, 0.3) is 0 Å². The maximum atomic E-state index is 13.2. The predicted molar refractivity (Wildman–Crippen MR) is 155 cm³/mol. The van der Waals surface area contributed by atoms with Crippen molar-refractivity contribution in [2.45, 2.75) is 62.1 Å². The van der Waals surface area contributed by atoms with Gasteiger partial charge < -0.3 is 25.8 Å². The highest BCUT2D eigenvalue weighted by molar-refractivity contribution is 7.89. The highest BCUT2D eigenvalue weighted by atomic mass is 32.2. The molecule has 0 saturated carbocycles. The largest absolute Gasteiger partial charge is 0.480 e. The number of ether oxygens (including phenoxy) is 1. The van der Waals surface area contributed by atoms with E-state index in [-0.39, 0.29) is 30.3 Å². The van der Waals surface area contributed by atoms with Crippen molar-refractivity contribution in [2.75, 3.05) is 26.4 Å². The molecule has 2 heterocycles. The smallest absolute Gasteiger partial charge is 0.326 e. The van der Waals surface area contributed by atoms with Gasteiger partial charge >= 0.3 is 5.97 Å². The summed E-state index contributed by atoms with van der Waals surface area (Å²) in [6, 6.07) is 12.2. The van der Waals surface area contributed by atoms with E-state index in [2.05, 4.69) is 20.9 Å². The van der Waals surface area contributed by atoms with Crippen molar-refractivity contribution >= 4 is 33.6 Å². The Labute approximate surface area is 245 Å². The van der Waals surface area contributed by atoms with Gasteiger partial charge in [-0.05, 0) is 43.0 Å². The van der Waals surface area contributed by atoms with Gasteiger partial charge in [0.15, 0.2) is 5.96 Å². The van der Waals surface area contributed by atoms with Crippen LogP contribution in [0.5, 0.6) is 0 Å². The predicted octanol–water partition coefficient (Wildman–Crippen LogP) is 1.06. The van der Waals surface area contributed by atoms with E-state index in [9.17, 15) is 27.9 Å². The van der Waals surface area contributed by atoms with Gasteiger partial charge in [0.05, 0.1) is 11.0 Å². The van der Waals surface area contributed by atoms with Crippen molar-refractivity contribution in [3.8, 4) is 0 Å². The second kappa shape index (κ2) is 14.4. The van der Waals surface area contributed by atoms with Gasteiger partial charge in [0.2, 0.25) is 15.9 Å². The van der Waals surface area contributed by atoms with Crippen molar-refractivity contribution in [2.24, 2.45) is 4.99 Å². The quantitative estimate of drug-likeness (QED) is 0.246. The van der Waals surface area contributed by atoms with Gasteiger partial charge in [0, 0.05) is 38.9 Å². The van der Waals surface area contributed by atoms with Gasteiger partial charge in [-0.15, -0.1) is 0 Å². The molecule has 0 bridgehead atoms. The van der Waals surface area contributed by atoms with Crippen LogP contribution >= 0.6 is 0 Å². The van der Waals surface area contributed by atoms with Gasteiger partial charge in [0.1, 0.15) is 24.6 Å². The minimum atomic E-state index is -4.05. The average Bonchev–Trinajstić information content (AvgIpc) is 3.39. The summed E-state index contributed by atoms with van der Waals surface area (Å²) >= 11 is 0. The second-order valence-electron chi connectivity index (χ2n) is 10.3. The number of guanidine groups is 1. The number of sulfonamides is 1. The molecule has 3 atom stereocenters. The summed E-state index contributed by atoms with van der Waals surface area (Å²) in [6.07, 6.45) is 1.60. The molecule has 13 heteroatoms. The van der Waals surface area contributed by atoms with Crippen LogP contribution in [-0.4, -0.2) is 86.0 Å². The lowest BCUT2D eigenvalue weighted by atomic mass is 10.0. The molecule has 4 N–H and O–H groups in total. The van der Waals surface area contributed by atoms with Crippen LogP contribution in [-0.2, 0) is 42.0 Å². The summed E-state index contributed by atoms with van der Waals surface area (Å²) in [7, 11) is -4.05. The zero-order chi connectivity index (χ0) is 30.1. The molecule has 226 valence electrons. The molecule has 1 amide bonds. The van der Waals surface area contributed by atoms with Crippen LogP contribution in [0, 0.1) is 0 Å². The first-order chi connectivity index (χ1) is 20.1. The van der Waals surface area contributed by atoms with Gasteiger partial charge in [-0.25, -0.2) is 13.2 Å². The minimum absolute atomic E-state index is 0.0113. The minimum Gasteiger partial charge on any atom is -0.480 e. The number of amides is 1. The van der Waals surface area contributed by atoms with E-state index in [0.29, 0.717) is 24.9 Å². The number of nitrogens with zero attached hydrogens (tertiary/aromatic N) is 2. The van der Waals surface area contributed by atoms with Crippen LogP contribution < -0.4 is 16.0 Å². The number of Topliss-reactive ketones (excluding diaryl/α,β-unsaturated/α-hetero) is 1. The Morgan fingerprint density at radius 1 is 1.12 bits per heavy atom. The van der Waals surface area contributed by atoms with E-state index < -0.39 is 40.1 Å². The van der Waals surface area contributed by atoms with E-state index >= 15 is 0 Å². The molecule has 1 unspecified atom stereocenters. The highest BCUT2D eigenvalue weighted by Gasteiger charge is 2.45. The molecule has 0 aromatic heterocycles. The fourth-order valence-corrected chi connectivity index (χ4v) is 6.37. The summed E-state index contributed by atoms with van der Waals surface area (Å²) in [5, 5.41) is 18.7. The lowest BCUT2D eigenvalue weighted by molar-refractivity contribution is -0.142. The van der Waals surface area contributed by atoms with Gasteiger partial charge in [-0.2, -0.15) is 4.31 Å². The summed E-state index contributed by atoms with van der Waals surface area (Å²) in [4.78, 5) is 42.0. The molecule has 1 saturated heterocycles. The molecule has 4 rings (SSSR count). The fourth-order valence-electron chi connectivity index (χ4n) is 4.83. The molecule has 0 radical (unpaired) electrons. The second-order valence-corrected chi connectivity index (χ2v) is 12.2. The van der Waals surface area contributed by atoms with E-state index in [1.807, 2.05) is 0 Å². The maximum Gasteiger partial charge on any atom is 0.326 e. The van der Waals surface area contributed by atoms with Crippen LogP contribution in [0.4, 0.5) is 0 Å². The summed E-state index contributed by atoms with van der Waals surface area (Å²) in [5.74, 6) is -1.13. The van der Waals surface area contributed by atoms with Crippen molar-refractivity contribution in [1.29, 1.82) is 0 Å². The van der Waals surface area contributed by atoms with E-state index in [4.69, 9.17) is 4.74 Å². The molecule has 2 aliphatic heterocycles. The normalized spacial score (nSPS) is 19.8. The number of benzene rings is 2. The number of aliphatic carboxylic acids is 1. The number of aliphatic imine (C=N–C) groups is 1. The standard InChI is InChI=1S/C29H37N5O7S/c1-20-26(34(19-41-20)42(39,40)24-8-3-2-4-9-24)27(36)33-25(28(37)38)18-22-12-10-21(11-13-22)17-23(35)7-5-14-30-29-31-15-6-16-32-29/h2-4,8-13,20,25-26H,5-7,14-19H2,1H3,(H,33,36)(H,37,38)(H2,30,31,32)/t20?,25-,26-/m0/s1. The number of ketones is 1. The molecule has 2 aliphatic rings. The Balaban J connectivity index is 1.30. The number of rotatable bonds is 13. The maximum absolute atomic E-state index is 13.2. The van der Waals surface area contributed by atoms with Crippen LogP contribution in [0.2, 0.25) is 0 Å². The molecule has 2 aromatic carbocycles. The monoisotopic (exact) mass is 599 g/mol. The van der Waals surface area contributed by atoms with Gasteiger partial charge in [-0.1, -0.05) is 42.5 Å². The Morgan fingerprint density at radius 2 is 1.83 bits per heavy atom. The fraction of sp³-hybridized carbons (Fsp3) is 0.448. The van der Waals surface area contributed by atoms with E-state index in [1.165, 1.54) is 12.1 Å². The third-order valence-corrected chi connectivity index (χ3v) is 8.96. The highest BCUT2D eigenvalue weighted by Crippen LogP contribution is 2.26. The van der Waals surface area contributed by atoms with Crippen LogP contribution in [0.1, 0.15) is 37.3 Å².